The second-order valence-corrected chi connectivity index (χ2v) is 6.25. The number of para-hydroxylation sites is 1. The zero-order valence-corrected chi connectivity index (χ0v) is 13.9. The zero-order chi connectivity index (χ0) is 16.7. The van der Waals surface area contributed by atoms with Gasteiger partial charge in [0.25, 0.3) is 0 Å². The van der Waals surface area contributed by atoms with E-state index in [2.05, 4.69) is 40.8 Å². The highest BCUT2D eigenvalue weighted by atomic mass is 16.5. The molecular weight excluding hydrogens is 300 g/mol. The molecule has 4 rings (SSSR count). The highest BCUT2D eigenvalue weighted by Gasteiger charge is 2.40. The molecule has 0 fully saturated rings. The minimum absolute atomic E-state index is 0.193. The molecule has 0 N–H and O–H groups in total. The largest absolute Gasteiger partial charge is 0.468 e. The van der Waals surface area contributed by atoms with Crippen molar-refractivity contribution in [2.24, 2.45) is 7.05 Å². The SMILES string of the molecule is COC(=O)C1c2c(n(C)c3ccccc23)CN1Cc1ccccc1. The zero-order valence-electron chi connectivity index (χ0n) is 13.9. The number of aryl methyl sites for hydroxylation is 1. The normalized spacial score (nSPS) is 17.2. The van der Waals surface area contributed by atoms with E-state index in [1.54, 1.807) is 0 Å². The summed E-state index contributed by atoms with van der Waals surface area (Å²) in [7, 11) is 3.54. The molecule has 1 atom stereocenters. The smallest absolute Gasteiger partial charge is 0.327 e. The summed E-state index contributed by atoms with van der Waals surface area (Å²) < 4.78 is 7.33. The first-order valence-corrected chi connectivity index (χ1v) is 8.12. The Balaban J connectivity index is 1.80. The van der Waals surface area contributed by atoms with E-state index in [4.69, 9.17) is 4.74 Å². The number of rotatable bonds is 3. The average molecular weight is 320 g/mol. The van der Waals surface area contributed by atoms with Crippen molar-refractivity contribution in [3.63, 3.8) is 0 Å². The lowest BCUT2D eigenvalue weighted by molar-refractivity contribution is -0.147. The lowest BCUT2D eigenvalue weighted by Gasteiger charge is -2.23. The molecule has 2 heterocycles. The van der Waals surface area contributed by atoms with Gasteiger partial charge < -0.3 is 9.30 Å². The Morgan fingerprint density at radius 2 is 1.83 bits per heavy atom. The van der Waals surface area contributed by atoms with Gasteiger partial charge in [0.2, 0.25) is 0 Å². The molecule has 1 aromatic heterocycles. The van der Waals surface area contributed by atoms with Gasteiger partial charge in [-0.1, -0.05) is 48.5 Å². The number of hydrogen-bond acceptors (Lipinski definition) is 3. The quantitative estimate of drug-likeness (QED) is 0.694. The van der Waals surface area contributed by atoms with Crippen LogP contribution in [0.4, 0.5) is 0 Å². The summed E-state index contributed by atoms with van der Waals surface area (Å²) >= 11 is 0. The molecule has 2 aromatic carbocycles. The molecule has 0 spiro atoms. The van der Waals surface area contributed by atoms with E-state index in [-0.39, 0.29) is 12.0 Å². The highest BCUT2D eigenvalue weighted by Crippen LogP contribution is 2.41. The summed E-state index contributed by atoms with van der Waals surface area (Å²) in [6.45, 7) is 1.47. The van der Waals surface area contributed by atoms with Gasteiger partial charge in [0, 0.05) is 42.3 Å². The van der Waals surface area contributed by atoms with Crippen LogP contribution in [0.25, 0.3) is 10.9 Å². The Kier molecular flexibility index (Phi) is 3.62. The van der Waals surface area contributed by atoms with Gasteiger partial charge in [-0.2, -0.15) is 0 Å². The first kappa shape index (κ1) is 15.0. The lowest BCUT2D eigenvalue weighted by atomic mass is 10.1. The molecule has 0 saturated heterocycles. The van der Waals surface area contributed by atoms with E-state index in [1.165, 1.54) is 18.4 Å². The molecule has 1 unspecified atom stereocenters. The van der Waals surface area contributed by atoms with E-state index >= 15 is 0 Å². The highest BCUT2D eigenvalue weighted by molar-refractivity contribution is 5.92. The fourth-order valence-electron chi connectivity index (χ4n) is 3.78. The standard InChI is InChI=1S/C20H20N2O2/c1-21-16-11-7-6-10-15(16)18-17(21)13-22(19(18)20(23)24-2)12-14-8-4-3-5-9-14/h3-11,19H,12-13H2,1-2H3. The van der Waals surface area contributed by atoms with Crippen molar-refractivity contribution in [3.8, 4) is 0 Å². The first-order chi connectivity index (χ1) is 11.7. The fraction of sp³-hybridized carbons (Fsp3) is 0.250. The number of carbonyl (C=O) groups is 1. The molecule has 122 valence electrons. The molecular formula is C20H20N2O2. The molecule has 4 heteroatoms. The van der Waals surface area contributed by atoms with Crippen LogP contribution in [0.5, 0.6) is 0 Å². The van der Waals surface area contributed by atoms with Gasteiger partial charge in [-0.25, -0.2) is 4.79 Å². The average Bonchev–Trinajstić information content (AvgIpc) is 3.11. The van der Waals surface area contributed by atoms with E-state index in [0.29, 0.717) is 0 Å². The van der Waals surface area contributed by atoms with Crippen LogP contribution < -0.4 is 0 Å². The molecule has 0 saturated carbocycles. The number of hydrogen-bond donors (Lipinski definition) is 0. The van der Waals surface area contributed by atoms with Crippen LogP contribution in [0.3, 0.4) is 0 Å². The number of esters is 1. The number of ether oxygens (including phenoxy) is 1. The summed E-state index contributed by atoms with van der Waals surface area (Å²) in [4.78, 5) is 14.7. The number of methoxy groups -OCH3 is 1. The third-order valence-electron chi connectivity index (χ3n) is 4.92. The van der Waals surface area contributed by atoms with Gasteiger partial charge in [0.15, 0.2) is 0 Å². The van der Waals surface area contributed by atoms with E-state index in [0.717, 1.165) is 29.6 Å². The van der Waals surface area contributed by atoms with Gasteiger partial charge in [0.1, 0.15) is 6.04 Å². The molecule has 1 aliphatic rings. The van der Waals surface area contributed by atoms with Gasteiger partial charge in [-0.15, -0.1) is 0 Å². The van der Waals surface area contributed by atoms with Crippen molar-refractivity contribution in [2.45, 2.75) is 19.1 Å². The molecule has 4 nitrogen and oxygen atoms in total. The first-order valence-electron chi connectivity index (χ1n) is 8.12. The van der Waals surface area contributed by atoms with Crippen LogP contribution >= 0.6 is 0 Å². The molecule has 1 aliphatic heterocycles. The Morgan fingerprint density at radius 1 is 1.12 bits per heavy atom. The summed E-state index contributed by atoms with van der Waals surface area (Å²) in [5, 5.41) is 1.14. The van der Waals surface area contributed by atoms with Gasteiger partial charge >= 0.3 is 5.97 Å². The van der Waals surface area contributed by atoms with Gasteiger partial charge in [-0.3, -0.25) is 4.90 Å². The van der Waals surface area contributed by atoms with Gasteiger partial charge in [-0.05, 0) is 11.6 Å². The van der Waals surface area contributed by atoms with E-state index < -0.39 is 0 Å². The van der Waals surface area contributed by atoms with Crippen LogP contribution in [-0.2, 0) is 29.7 Å². The number of benzene rings is 2. The van der Waals surface area contributed by atoms with E-state index in [1.807, 2.05) is 30.3 Å². The van der Waals surface area contributed by atoms with Crippen LogP contribution in [0.1, 0.15) is 22.9 Å². The summed E-state index contributed by atoms with van der Waals surface area (Å²) in [5.74, 6) is -0.193. The third-order valence-corrected chi connectivity index (χ3v) is 4.92. The molecule has 24 heavy (non-hydrogen) atoms. The number of nitrogens with zero attached hydrogens (tertiary/aromatic N) is 2. The second kappa shape index (κ2) is 5.80. The molecule has 3 aromatic rings. The third kappa shape index (κ3) is 2.22. The maximum Gasteiger partial charge on any atom is 0.327 e. The minimum Gasteiger partial charge on any atom is -0.468 e. The Hall–Kier alpha value is -2.59. The topological polar surface area (TPSA) is 34.5 Å². The van der Waals surface area contributed by atoms with Crippen molar-refractivity contribution in [2.75, 3.05) is 7.11 Å². The summed E-state index contributed by atoms with van der Waals surface area (Å²) in [6, 6.07) is 18.2. The Morgan fingerprint density at radius 3 is 2.58 bits per heavy atom. The molecule has 0 aliphatic carbocycles. The summed E-state index contributed by atoms with van der Waals surface area (Å²) in [6.07, 6.45) is 0. The Labute approximate surface area is 141 Å². The lowest BCUT2D eigenvalue weighted by Crippen LogP contribution is -2.29. The van der Waals surface area contributed by atoms with Crippen molar-refractivity contribution in [1.82, 2.24) is 9.47 Å². The second-order valence-electron chi connectivity index (χ2n) is 6.25. The van der Waals surface area contributed by atoms with Crippen LogP contribution in [-0.4, -0.2) is 22.5 Å². The number of carbonyl (C=O) groups excluding carboxylic acids is 1. The molecule has 0 amide bonds. The van der Waals surface area contributed by atoms with Crippen molar-refractivity contribution >= 4 is 16.9 Å². The van der Waals surface area contributed by atoms with Crippen LogP contribution in [0.15, 0.2) is 54.6 Å². The van der Waals surface area contributed by atoms with Crippen LogP contribution in [0, 0.1) is 0 Å². The van der Waals surface area contributed by atoms with Crippen LogP contribution in [0.2, 0.25) is 0 Å². The molecule has 0 radical (unpaired) electrons. The fourth-order valence-corrected chi connectivity index (χ4v) is 3.78. The maximum atomic E-state index is 12.6. The number of aromatic nitrogens is 1. The maximum absolute atomic E-state index is 12.6. The number of fused-ring (bicyclic) bond motifs is 3. The molecule has 0 bridgehead atoms. The van der Waals surface area contributed by atoms with Crippen molar-refractivity contribution in [3.05, 3.63) is 71.4 Å². The van der Waals surface area contributed by atoms with Crippen molar-refractivity contribution in [1.29, 1.82) is 0 Å². The van der Waals surface area contributed by atoms with Crippen molar-refractivity contribution < 1.29 is 9.53 Å². The Bertz CT molecular complexity index is 899. The minimum atomic E-state index is -0.351. The van der Waals surface area contributed by atoms with Gasteiger partial charge in [0.05, 0.1) is 7.11 Å². The predicted molar refractivity (Wildman–Crippen MR) is 93.4 cm³/mol. The predicted octanol–water partition coefficient (Wildman–Crippen LogP) is 3.41. The monoisotopic (exact) mass is 320 g/mol. The summed E-state index contributed by atoms with van der Waals surface area (Å²) in [5.41, 5.74) is 4.65. The van der Waals surface area contributed by atoms with E-state index in [9.17, 15) is 4.79 Å².